The molecule has 0 N–H and O–H groups in total. The summed E-state index contributed by atoms with van der Waals surface area (Å²) in [7, 11) is 2.09. The van der Waals surface area contributed by atoms with Crippen molar-refractivity contribution in [2.75, 3.05) is 38.1 Å². The molecule has 9 heteroatoms. The first-order valence-electron chi connectivity index (χ1n) is 12.5. The van der Waals surface area contributed by atoms with Crippen molar-refractivity contribution in [1.29, 1.82) is 0 Å². The van der Waals surface area contributed by atoms with Gasteiger partial charge in [-0.3, -0.25) is 4.98 Å². The lowest BCUT2D eigenvalue weighted by Crippen LogP contribution is -2.47. The third-order valence-corrected chi connectivity index (χ3v) is 6.95. The molecule has 5 rings (SSSR count). The minimum absolute atomic E-state index is 0.0794. The van der Waals surface area contributed by atoms with Gasteiger partial charge in [0.25, 0.3) is 6.43 Å². The molecule has 2 aromatic carbocycles. The number of anilines is 1. The maximum Gasteiger partial charge on any atom is 0.278 e. The van der Waals surface area contributed by atoms with Crippen molar-refractivity contribution in [3.63, 3.8) is 0 Å². The van der Waals surface area contributed by atoms with Crippen molar-refractivity contribution in [1.82, 2.24) is 14.8 Å². The SMILES string of the molecule is C=C(N1CCN(C)CC1)N(Cc1ccc(C2=NN=C(C(F)F)C2)cc1F)c1cccc(-c2cccnc2)c1. The largest absolute Gasteiger partial charge is 0.356 e. The Bertz CT molecular complexity index is 1360. The topological polar surface area (TPSA) is 47.3 Å². The molecule has 0 radical (unpaired) electrons. The number of nitrogens with zero attached hydrogens (tertiary/aromatic N) is 6. The molecule has 6 nitrogen and oxygen atoms in total. The first kappa shape index (κ1) is 25.7. The molecule has 0 aliphatic carbocycles. The number of hydrogen-bond acceptors (Lipinski definition) is 6. The highest BCUT2D eigenvalue weighted by atomic mass is 19.3. The smallest absolute Gasteiger partial charge is 0.278 e. The van der Waals surface area contributed by atoms with Gasteiger partial charge in [-0.15, -0.1) is 0 Å². The van der Waals surface area contributed by atoms with Crippen LogP contribution >= 0.6 is 0 Å². The zero-order valence-electron chi connectivity index (χ0n) is 21.2. The first-order valence-corrected chi connectivity index (χ1v) is 12.5. The third kappa shape index (κ3) is 5.62. The van der Waals surface area contributed by atoms with E-state index < -0.39 is 12.2 Å². The van der Waals surface area contributed by atoms with E-state index in [1.807, 2.05) is 41.4 Å². The molecule has 0 amide bonds. The van der Waals surface area contributed by atoms with E-state index in [0.29, 0.717) is 16.8 Å². The molecule has 0 unspecified atom stereocenters. The summed E-state index contributed by atoms with van der Waals surface area (Å²) in [5.41, 5.74) is 3.82. The Morgan fingerprint density at radius 1 is 0.974 bits per heavy atom. The molecule has 0 atom stereocenters. The molecule has 3 aromatic rings. The van der Waals surface area contributed by atoms with Crippen molar-refractivity contribution in [2.45, 2.75) is 19.4 Å². The van der Waals surface area contributed by atoms with E-state index in [0.717, 1.165) is 48.8 Å². The molecule has 38 heavy (non-hydrogen) atoms. The zero-order chi connectivity index (χ0) is 26.6. The highest BCUT2D eigenvalue weighted by Gasteiger charge is 2.24. The van der Waals surface area contributed by atoms with Gasteiger partial charge in [-0.2, -0.15) is 10.2 Å². The van der Waals surface area contributed by atoms with Gasteiger partial charge in [-0.05, 0) is 36.9 Å². The standard InChI is InChI=1S/C29H29F3N6/c1-20(37-13-11-36(2)12-14-37)38(25-7-3-5-21(15-25)23-6-4-10-33-18-23)19-24-9-8-22(16-26(24)30)27-17-28(29(31)32)35-34-27/h3-10,15-16,18,29H,1,11-14,17,19H2,2H3. The summed E-state index contributed by atoms with van der Waals surface area (Å²) in [5.74, 6) is 0.357. The fourth-order valence-corrected chi connectivity index (χ4v) is 4.63. The lowest BCUT2D eigenvalue weighted by Gasteiger charge is -2.40. The third-order valence-electron chi connectivity index (χ3n) is 6.95. The van der Waals surface area contributed by atoms with Crippen LogP contribution in [-0.4, -0.2) is 65.9 Å². The number of aromatic nitrogens is 1. The van der Waals surface area contributed by atoms with Crippen molar-refractivity contribution in [2.24, 2.45) is 10.2 Å². The van der Waals surface area contributed by atoms with E-state index in [1.54, 1.807) is 18.3 Å². The van der Waals surface area contributed by atoms with Gasteiger partial charge in [0, 0.05) is 67.4 Å². The van der Waals surface area contributed by atoms with Crippen LogP contribution in [0.2, 0.25) is 0 Å². The lowest BCUT2D eigenvalue weighted by atomic mass is 10.0. The van der Waals surface area contributed by atoms with Crippen LogP contribution in [0.25, 0.3) is 11.1 Å². The van der Waals surface area contributed by atoms with Crippen LogP contribution in [0.1, 0.15) is 17.5 Å². The van der Waals surface area contributed by atoms with Crippen LogP contribution in [0.5, 0.6) is 0 Å². The molecule has 2 aliphatic rings. The molecule has 2 aliphatic heterocycles. The fourth-order valence-electron chi connectivity index (χ4n) is 4.63. The number of rotatable bonds is 8. The summed E-state index contributed by atoms with van der Waals surface area (Å²) in [4.78, 5) is 10.7. The summed E-state index contributed by atoms with van der Waals surface area (Å²) >= 11 is 0. The fraction of sp³-hybridized carbons (Fsp3) is 0.276. The molecule has 0 saturated carbocycles. The Morgan fingerprint density at radius 2 is 1.76 bits per heavy atom. The highest BCUT2D eigenvalue weighted by Crippen LogP contribution is 2.30. The second-order valence-corrected chi connectivity index (χ2v) is 9.51. The van der Waals surface area contributed by atoms with Crippen LogP contribution in [0.4, 0.5) is 18.9 Å². The summed E-state index contributed by atoms with van der Waals surface area (Å²) in [6, 6.07) is 16.7. The molecule has 3 heterocycles. The predicted octanol–water partition coefficient (Wildman–Crippen LogP) is 5.43. The maximum absolute atomic E-state index is 15.4. The molecule has 196 valence electrons. The van der Waals surface area contributed by atoms with Gasteiger partial charge >= 0.3 is 0 Å². The molecule has 1 fully saturated rings. The van der Waals surface area contributed by atoms with Crippen molar-refractivity contribution >= 4 is 17.1 Å². The van der Waals surface area contributed by atoms with E-state index in [4.69, 9.17) is 0 Å². The van der Waals surface area contributed by atoms with Gasteiger partial charge in [0.1, 0.15) is 17.3 Å². The Labute approximate surface area is 220 Å². The number of pyridine rings is 1. The van der Waals surface area contributed by atoms with E-state index in [1.165, 1.54) is 6.07 Å². The number of likely N-dealkylation sites (N-methyl/N-ethyl adjacent to an activating group) is 1. The maximum atomic E-state index is 15.4. The van der Waals surface area contributed by atoms with Gasteiger partial charge in [0.05, 0.1) is 12.3 Å². The molecule has 1 saturated heterocycles. The summed E-state index contributed by atoms with van der Waals surface area (Å²) in [6.07, 6.45) is 0.798. The number of hydrogen-bond donors (Lipinski definition) is 0. The Balaban J connectivity index is 1.43. The summed E-state index contributed by atoms with van der Waals surface area (Å²) in [5, 5.41) is 7.39. The molecular weight excluding hydrogens is 489 g/mol. The number of halogens is 3. The zero-order valence-corrected chi connectivity index (χ0v) is 21.2. The Morgan fingerprint density at radius 3 is 2.45 bits per heavy atom. The average Bonchev–Trinajstić information content (AvgIpc) is 3.44. The van der Waals surface area contributed by atoms with Crippen molar-refractivity contribution < 1.29 is 13.2 Å². The average molecular weight is 519 g/mol. The second kappa shape index (κ2) is 11.2. The van der Waals surface area contributed by atoms with Gasteiger partial charge in [-0.25, -0.2) is 13.2 Å². The van der Waals surface area contributed by atoms with Crippen molar-refractivity contribution in [3.8, 4) is 11.1 Å². The predicted molar refractivity (Wildman–Crippen MR) is 145 cm³/mol. The molecule has 0 bridgehead atoms. The number of benzene rings is 2. The molecule has 0 spiro atoms. The van der Waals surface area contributed by atoms with Crippen LogP contribution in [-0.2, 0) is 6.54 Å². The Kier molecular flexibility index (Phi) is 7.55. The monoisotopic (exact) mass is 518 g/mol. The molecular formula is C29H29F3N6. The normalized spacial score (nSPS) is 16.0. The highest BCUT2D eigenvalue weighted by molar-refractivity contribution is 6.15. The van der Waals surface area contributed by atoms with Gasteiger partial charge in [-0.1, -0.05) is 36.9 Å². The van der Waals surface area contributed by atoms with E-state index in [2.05, 4.69) is 44.7 Å². The van der Waals surface area contributed by atoms with E-state index in [-0.39, 0.29) is 18.7 Å². The molecule has 1 aromatic heterocycles. The lowest BCUT2D eigenvalue weighted by molar-refractivity contribution is 0.183. The Hall–Kier alpha value is -3.98. The minimum atomic E-state index is -2.67. The van der Waals surface area contributed by atoms with E-state index >= 15 is 4.39 Å². The van der Waals surface area contributed by atoms with Gasteiger partial charge in [0.2, 0.25) is 0 Å². The summed E-state index contributed by atoms with van der Waals surface area (Å²) in [6.45, 7) is 8.12. The van der Waals surface area contributed by atoms with Crippen LogP contribution in [0.15, 0.2) is 89.6 Å². The first-order chi connectivity index (χ1) is 18.4. The van der Waals surface area contributed by atoms with Crippen LogP contribution < -0.4 is 4.90 Å². The number of alkyl halides is 2. The second-order valence-electron chi connectivity index (χ2n) is 9.51. The van der Waals surface area contributed by atoms with Gasteiger partial charge in [0.15, 0.2) is 0 Å². The number of piperazine rings is 1. The summed E-state index contributed by atoms with van der Waals surface area (Å²) < 4.78 is 41.3. The van der Waals surface area contributed by atoms with Crippen LogP contribution in [0.3, 0.4) is 0 Å². The van der Waals surface area contributed by atoms with Crippen molar-refractivity contribution in [3.05, 3.63) is 96.3 Å². The van der Waals surface area contributed by atoms with E-state index in [9.17, 15) is 8.78 Å². The van der Waals surface area contributed by atoms with Crippen LogP contribution in [0, 0.1) is 5.82 Å². The quantitative estimate of drug-likeness (QED) is 0.399. The van der Waals surface area contributed by atoms with Gasteiger partial charge < -0.3 is 14.7 Å². The minimum Gasteiger partial charge on any atom is -0.356 e.